The zero-order chi connectivity index (χ0) is 11.5. The molecule has 0 aliphatic carbocycles. The van der Waals surface area contributed by atoms with Gasteiger partial charge in [0.05, 0.1) is 13.3 Å². The van der Waals surface area contributed by atoms with Gasteiger partial charge >= 0.3 is 0 Å². The summed E-state index contributed by atoms with van der Waals surface area (Å²) in [5, 5.41) is 4.00. The number of benzene rings is 1. The van der Waals surface area contributed by atoms with Crippen LogP contribution in [-0.2, 0) is 7.05 Å². The van der Waals surface area contributed by atoms with Crippen LogP contribution in [0.2, 0.25) is 0 Å². The minimum atomic E-state index is -0.0857. The largest absolute Gasteiger partial charge is 0.493 e. The van der Waals surface area contributed by atoms with Crippen molar-refractivity contribution in [2.24, 2.45) is 7.05 Å². The summed E-state index contributed by atoms with van der Waals surface area (Å²) in [6.07, 6.45) is 1.54. The lowest BCUT2D eigenvalue weighted by Gasteiger charge is -2.04. The average Bonchev–Trinajstić information content (AvgIpc) is 2.70. The molecule has 1 aromatic heterocycles. The van der Waals surface area contributed by atoms with Crippen LogP contribution < -0.4 is 4.74 Å². The lowest BCUT2D eigenvalue weighted by molar-refractivity contribution is 0.102. The number of carbonyl (C=O) groups excluding carboxylic acids is 1. The number of nitrogens with zero attached hydrogens (tertiary/aromatic N) is 2. The highest BCUT2D eigenvalue weighted by Gasteiger charge is 2.18. The molecule has 1 heterocycles. The quantitative estimate of drug-likeness (QED) is 0.733. The molecule has 0 aliphatic heterocycles. The highest BCUT2D eigenvalue weighted by atomic mass is 16.5. The standard InChI is InChI=1S/C12H12N2O2/c1-14-11(10(16-2)8-13-14)12(15)9-6-4-3-5-7-9/h3-8H,1-2H3. The molecule has 0 spiro atoms. The van der Waals surface area contributed by atoms with Gasteiger partial charge in [-0.25, -0.2) is 0 Å². The first-order valence-corrected chi connectivity index (χ1v) is 4.89. The van der Waals surface area contributed by atoms with E-state index in [1.54, 1.807) is 19.2 Å². The van der Waals surface area contributed by atoms with Crippen LogP contribution in [0.25, 0.3) is 0 Å². The van der Waals surface area contributed by atoms with Gasteiger partial charge in [-0.1, -0.05) is 30.3 Å². The normalized spacial score (nSPS) is 10.1. The number of ether oxygens (including phenoxy) is 1. The molecule has 0 saturated carbocycles. The first kappa shape index (κ1) is 10.4. The Morgan fingerprint density at radius 2 is 2.00 bits per heavy atom. The van der Waals surface area contributed by atoms with Gasteiger partial charge in [-0.15, -0.1) is 0 Å². The predicted octanol–water partition coefficient (Wildman–Crippen LogP) is 1.66. The second-order valence-corrected chi connectivity index (χ2v) is 3.38. The van der Waals surface area contributed by atoms with Crippen molar-refractivity contribution in [3.05, 3.63) is 47.8 Å². The van der Waals surface area contributed by atoms with Crippen LogP contribution in [-0.4, -0.2) is 22.7 Å². The van der Waals surface area contributed by atoms with E-state index in [0.717, 1.165) is 0 Å². The number of hydrogen-bond acceptors (Lipinski definition) is 3. The Morgan fingerprint density at radius 1 is 1.31 bits per heavy atom. The second kappa shape index (κ2) is 4.18. The molecule has 0 radical (unpaired) electrons. The smallest absolute Gasteiger partial charge is 0.214 e. The number of methoxy groups -OCH3 is 1. The molecule has 16 heavy (non-hydrogen) atoms. The van der Waals surface area contributed by atoms with Gasteiger partial charge in [0.25, 0.3) is 0 Å². The molecule has 2 rings (SSSR count). The van der Waals surface area contributed by atoms with Gasteiger partial charge in [-0.3, -0.25) is 9.48 Å². The Balaban J connectivity index is 2.45. The Hall–Kier alpha value is -2.10. The third kappa shape index (κ3) is 1.69. The van der Waals surface area contributed by atoms with Crippen LogP contribution in [0.5, 0.6) is 5.75 Å². The van der Waals surface area contributed by atoms with Gasteiger partial charge in [0.1, 0.15) is 0 Å². The Labute approximate surface area is 93.5 Å². The summed E-state index contributed by atoms with van der Waals surface area (Å²) in [6, 6.07) is 9.08. The summed E-state index contributed by atoms with van der Waals surface area (Å²) in [5.41, 5.74) is 1.10. The monoisotopic (exact) mass is 216 g/mol. The van der Waals surface area contributed by atoms with E-state index in [1.807, 2.05) is 18.2 Å². The number of ketones is 1. The molecule has 0 unspecified atom stereocenters. The molecular weight excluding hydrogens is 204 g/mol. The van der Waals surface area contributed by atoms with Gasteiger partial charge in [-0.05, 0) is 0 Å². The van der Waals surface area contributed by atoms with Crippen molar-refractivity contribution in [1.82, 2.24) is 9.78 Å². The zero-order valence-corrected chi connectivity index (χ0v) is 9.18. The van der Waals surface area contributed by atoms with E-state index in [4.69, 9.17) is 4.74 Å². The van der Waals surface area contributed by atoms with E-state index in [9.17, 15) is 4.79 Å². The maximum atomic E-state index is 12.2. The van der Waals surface area contributed by atoms with Crippen molar-refractivity contribution in [2.45, 2.75) is 0 Å². The average molecular weight is 216 g/mol. The molecule has 0 amide bonds. The molecule has 4 nitrogen and oxygen atoms in total. The van der Waals surface area contributed by atoms with Gasteiger partial charge in [0.2, 0.25) is 5.78 Å². The van der Waals surface area contributed by atoms with E-state index in [2.05, 4.69) is 5.10 Å². The highest BCUT2D eigenvalue weighted by molar-refractivity contribution is 6.09. The van der Waals surface area contributed by atoms with E-state index in [1.165, 1.54) is 18.0 Å². The Morgan fingerprint density at radius 3 is 2.62 bits per heavy atom. The van der Waals surface area contributed by atoms with E-state index >= 15 is 0 Å². The Kier molecular flexibility index (Phi) is 2.72. The van der Waals surface area contributed by atoms with E-state index in [0.29, 0.717) is 17.0 Å². The summed E-state index contributed by atoms with van der Waals surface area (Å²) >= 11 is 0. The summed E-state index contributed by atoms with van der Waals surface area (Å²) in [4.78, 5) is 12.2. The zero-order valence-electron chi connectivity index (χ0n) is 9.18. The summed E-state index contributed by atoms with van der Waals surface area (Å²) in [5.74, 6) is 0.411. The van der Waals surface area contributed by atoms with Crippen LogP contribution in [0.4, 0.5) is 0 Å². The molecule has 82 valence electrons. The van der Waals surface area contributed by atoms with Crippen LogP contribution in [0, 0.1) is 0 Å². The van der Waals surface area contributed by atoms with Crippen molar-refractivity contribution < 1.29 is 9.53 Å². The summed E-state index contributed by atoms with van der Waals surface area (Å²) in [6.45, 7) is 0. The minimum Gasteiger partial charge on any atom is -0.493 e. The second-order valence-electron chi connectivity index (χ2n) is 3.38. The maximum absolute atomic E-state index is 12.2. The lowest BCUT2D eigenvalue weighted by atomic mass is 10.1. The fourth-order valence-corrected chi connectivity index (χ4v) is 1.55. The summed E-state index contributed by atoms with van der Waals surface area (Å²) in [7, 11) is 3.25. The number of rotatable bonds is 3. The van der Waals surface area contributed by atoms with Crippen LogP contribution in [0.3, 0.4) is 0 Å². The van der Waals surface area contributed by atoms with Gasteiger partial charge in [0.15, 0.2) is 11.4 Å². The minimum absolute atomic E-state index is 0.0857. The van der Waals surface area contributed by atoms with Gasteiger partial charge in [-0.2, -0.15) is 5.10 Å². The lowest BCUT2D eigenvalue weighted by Crippen LogP contribution is -2.09. The fraction of sp³-hybridized carbons (Fsp3) is 0.167. The van der Waals surface area contributed by atoms with Crippen molar-refractivity contribution in [2.75, 3.05) is 7.11 Å². The predicted molar refractivity (Wildman–Crippen MR) is 59.6 cm³/mol. The van der Waals surface area contributed by atoms with Crippen molar-refractivity contribution in [3.8, 4) is 5.75 Å². The first-order valence-electron chi connectivity index (χ1n) is 4.89. The fourth-order valence-electron chi connectivity index (χ4n) is 1.55. The molecule has 0 saturated heterocycles. The molecule has 0 N–H and O–H groups in total. The number of aromatic nitrogens is 2. The topological polar surface area (TPSA) is 44.1 Å². The molecule has 4 heteroatoms. The van der Waals surface area contributed by atoms with Crippen molar-refractivity contribution in [3.63, 3.8) is 0 Å². The molecule has 2 aromatic rings. The number of aryl methyl sites for hydroxylation is 1. The van der Waals surface area contributed by atoms with Crippen LogP contribution in [0.1, 0.15) is 16.1 Å². The van der Waals surface area contributed by atoms with Gasteiger partial charge in [0, 0.05) is 12.6 Å². The van der Waals surface area contributed by atoms with E-state index < -0.39 is 0 Å². The summed E-state index contributed by atoms with van der Waals surface area (Å²) < 4.78 is 6.63. The van der Waals surface area contributed by atoms with E-state index in [-0.39, 0.29) is 5.78 Å². The Bertz CT molecular complexity index is 503. The molecule has 0 aliphatic rings. The van der Waals surface area contributed by atoms with Gasteiger partial charge < -0.3 is 4.74 Å². The third-order valence-corrected chi connectivity index (χ3v) is 2.38. The number of carbonyl (C=O) groups is 1. The first-order chi connectivity index (χ1) is 7.74. The number of hydrogen-bond donors (Lipinski definition) is 0. The molecule has 0 fully saturated rings. The van der Waals surface area contributed by atoms with Crippen molar-refractivity contribution in [1.29, 1.82) is 0 Å². The molecular formula is C12H12N2O2. The SMILES string of the molecule is COc1cnn(C)c1C(=O)c1ccccc1. The van der Waals surface area contributed by atoms with Crippen LogP contribution >= 0.6 is 0 Å². The van der Waals surface area contributed by atoms with Crippen LogP contribution in [0.15, 0.2) is 36.5 Å². The molecule has 0 atom stereocenters. The van der Waals surface area contributed by atoms with Crippen molar-refractivity contribution >= 4 is 5.78 Å². The molecule has 1 aromatic carbocycles. The highest BCUT2D eigenvalue weighted by Crippen LogP contribution is 2.20. The molecule has 0 bridgehead atoms. The third-order valence-electron chi connectivity index (χ3n) is 2.38. The maximum Gasteiger partial charge on any atom is 0.214 e.